The van der Waals surface area contributed by atoms with Gasteiger partial charge in [-0.25, -0.2) is 4.39 Å². The quantitative estimate of drug-likeness (QED) is 0.719. The molecule has 2 N–H and O–H groups in total. The largest absolute Gasteiger partial charge is 0.394 e. The summed E-state index contributed by atoms with van der Waals surface area (Å²) in [5.41, 5.74) is 0.839. The molecule has 0 aromatic heterocycles. The summed E-state index contributed by atoms with van der Waals surface area (Å²) < 4.78 is 18.7. The Bertz CT molecular complexity index is 418. The van der Waals surface area contributed by atoms with Crippen LogP contribution < -0.4 is 5.32 Å². The third-order valence-corrected chi connectivity index (χ3v) is 2.53. The molecule has 0 aliphatic heterocycles. The molecule has 1 aromatic carbocycles. The molecule has 98 valence electrons. The Morgan fingerprint density at radius 1 is 1.50 bits per heavy atom. The lowest BCUT2D eigenvalue weighted by molar-refractivity contribution is 0.0928. The molecule has 0 bridgehead atoms. The number of rotatable bonds is 7. The SMILES string of the molecule is CC(NCCOCCO)c1ccc(C#N)cc1F. The van der Waals surface area contributed by atoms with Gasteiger partial charge in [0, 0.05) is 18.2 Å². The van der Waals surface area contributed by atoms with E-state index in [1.807, 2.05) is 13.0 Å². The lowest BCUT2D eigenvalue weighted by Gasteiger charge is -2.15. The molecule has 0 heterocycles. The molecule has 0 spiro atoms. The van der Waals surface area contributed by atoms with Gasteiger partial charge in [0.2, 0.25) is 0 Å². The highest BCUT2D eigenvalue weighted by molar-refractivity contribution is 5.34. The summed E-state index contributed by atoms with van der Waals surface area (Å²) >= 11 is 0. The van der Waals surface area contributed by atoms with Gasteiger partial charge in [-0.3, -0.25) is 0 Å². The third-order valence-electron chi connectivity index (χ3n) is 2.53. The van der Waals surface area contributed by atoms with Gasteiger partial charge < -0.3 is 15.2 Å². The standard InChI is InChI=1S/C13H17FN2O2/c1-10(16-4-6-18-7-5-17)12-3-2-11(9-15)8-13(12)14/h2-3,8,10,16-17H,4-7H2,1H3. The Kier molecular flexibility index (Phi) is 6.29. The van der Waals surface area contributed by atoms with Gasteiger partial charge in [0.15, 0.2) is 0 Å². The zero-order valence-corrected chi connectivity index (χ0v) is 10.3. The number of halogens is 1. The third kappa shape index (κ3) is 4.41. The van der Waals surface area contributed by atoms with Gasteiger partial charge >= 0.3 is 0 Å². The second-order valence-electron chi connectivity index (χ2n) is 3.86. The molecule has 5 heteroatoms. The van der Waals surface area contributed by atoms with Gasteiger partial charge in [0.1, 0.15) is 5.82 Å². The molecule has 0 amide bonds. The van der Waals surface area contributed by atoms with Crippen molar-refractivity contribution in [1.29, 1.82) is 5.26 Å². The van der Waals surface area contributed by atoms with Crippen LogP contribution in [0.1, 0.15) is 24.1 Å². The molecule has 0 aliphatic rings. The van der Waals surface area contributed by atoms with Crippen LogP contribution in [0.25, 0.3) is 0 Å². The molecular formula is C13H17FN2O2. The number of aliphatic hydroxyl groups excluding tert-OH is 1. The van der Waals surface area contributed by atoms with Crippen molar-refractivity contribution in [3.63, 3.8) is 0 Å². The fourth-order valence-corrected chi connectivity index (χ4v) is 1.57. The zero-order valence-electron chi connectivity index (χ0n) is 10.3. The van der Waals surface area contributed by atoms with E-state index in [-0.39, 0.29) is 18.5 Å². The summed E-state index contributed by atoms with van der Waals surface area (Å²) in [6, 6.07) is 6.18. The Hall–Kier alpha value is -1.48. The van der Waals surface area contributed by atoms with Crippen LogP contribution in [0.5, 0.6) is 0 Å². The normalized spacial score (nSPS) is 12.1. The van der Waals surface area contributed by atoms with Crippen molar-refractivity contribution in [3.8, 4) is 6.07 Å². The smallest absolute Gasteiger partial charge is 0.129 e. The number of nitrogens with zero attached hydrogens (tertiary/aromatic N) is 1. The first-order valence-corrected chi connectivity index (χ1v) is 5.80. The minimum absolute atomic E-state index is 0.000195. The van der Waals surface area contributed by atoms with Crippen molar-refractivity contribution in [1.82, 2.24) is 5.32 Å². The maximum absolute atomic E-state index is 13.7. The van der Waals surface area contributed by atoms with Crippen molar-refractivity contribution < 1.29 is 14.2 Å². The fourth-order valence-electron chi connectivity index (χ4n) is 1.57. The molecule has 1 aromatic rings. The first kappa shape index (κ1) is 14.6. The number of hydrogen-bond acceptors (Lipinski definition) is 4. The van der Waals surface area contributed by atoms with E-state index < -0.39 is 0 Å². The Morgan fingerprint density at radius 3 is 2.89 bits per heavy atom. The average Bonchev–Trinajstić information content (AvgIpc) is 2.38. The Morgan fingerprint density at radius 2 is 2.28 bits per heavy atom. The number of nitrogens with one attached hydrogen (secondary N) is 1. The molecule has 0 fully saturated rings. The van der Waals surface area contributed by atoms with Crippen LogP contribution in [-0.2, 0) is 4.74 Å². The molecule has 1 rings (SSSR count). The van der Waals surface area contributed by atoms with Gasteiger partial charge in [0.25, 0.3) is 0 Å². The predicted molar refractivity (Wildman–Crippen MR) is 65.4 cm³/mol. The molecule has 1 unspecified atom stereocenters. The summed E-state index contributed by atoms with van der Waals surface area (Å²) in [6.07, 6.45) is 0. The molecule has 0 saturated heterocycles. The highest BCUT2D eigenvalue weighted by atomic mass is 19.1. The van der Waals surface area contributed by atoms with E-state index >= 15 is 0 Å². The van der Waals surface area contributed by atoms with Gasteiger partial charge in [-0.2, -0.15) is 5.26 Å². The van der Waals surface area contributed by atoms with E-state index in [1.165, 1.54) is 6.07 Å². The number of ether oxygens (including phenoxy) is 1. The molecule has 0 aliphatic carbocycles. The average molecular weight is 252 g/mol. The Balaban J connectivity index is 2.46. The topological polar surface area (TPSA) is 65.3 Å². The number of nitriles is 1. The number of benzene rings is 1. The molecular weight excluding hydrogens is 235 g/mol. The summed E-state index contributed by atoms with van der Waals surface area (Å²) in [6.45, 7) is 3.18. The maximum Gasteiger partial charge on any atom is 0.129 e. The molecule has 1 atom stereocenters. The lowest BCUT2D eigenvalue weighted by Crippen LogP contribution is -2.24. The zero-order chi connectivity index (χ0) is 13.4. The molecule has 0 radical (unpaired) electrons. The van der Waals surface area contributed by atoms with Crippen molar-refractivity contribution in [3.05, 3.63) is 35.1 Å². The first-order chi connectivity index (χ1) is 8.69. The van der Waals surface area contributed by atoms with Crippen LogP contribution in [0.15, 0.2) is 18.2 Å². The van der Waals surface area contributed by atoms with Gasteiger partial charge in [-0.05, 0) is 19.1 Å². The Labute approximate surface area is 106 Å². The number of aliphatic hydroxyl groups is 1. The second kappa shape index (κ2) is 7.77. The lowest BCUT2D eigenvalue weighted by atomic mass is 10.1. The van der Waals surface area contributed by atoms with Crippen LogP contribution in [0.2, 0.25) is 0 Å². The monoisotopic (exact) mass is 252 g/mol. The van der Waals surface area contributed by atoms with Crippen molar-refractivity contribution in [2.45, 2.75) is 13.0 Å². The summed E-state index contributed by atoms with van der Waals surface area (Å²) in [4.78, 5) is 0. The summed E-state index contributed by atoms with van der Waals surface area (Å²) in [5.74, 6) is -0.384. The molecule has 4 nitrogen and oxygen atoms in total. The summed E-state index contributed by atoms with van der Waals surface area (Å²) in [5, 5.41) is 20.3. The van der Waals surface area contributed by atoms with E-state index in [0.29, 0.717) is 30.9 Å². The predicted octanol–water partition coefficient (Wildman–Crippen LogP) is 1.36. The second-order valence-corrected chi connectivity index (χ2v) is 3.86. The van der Waals surface area contributed by atoms with E-state index in [2.05, 4.69) is 5.32 Å². The number of hydrogen-bond donors (Lipinski definition) is 2. The maximum atomic E-state index is 13.7. The minimum Gasteiger partial charge on any atom is -0.394 e. The van der Waals surface area contributed by atoms with Crippen molar-refractivity contribution in [2.24, 2.45) is 0 Å². The molecule has 0 saturated carbocycles. The highest BCUT2D eigenvalue weighted by Gasteiger charge is 2.10. The van der Waals surface area contributed by atoms with Gasteiger partial charge in [-0.1, -0.05) is 6.07 Å². The van der Waals surface area contributed by atoms with Crippen LogP contribution in [-0.4, -0.2) is 31.5 Å². The van der Waals surface area contributed by atoms with E-state index in [9.17, 15) is 4.39 Å². The highest BCUT2D eigenvalue weighted by Crippen LogP contribution is 2.17. The van der Waals surface area contributed by atoms with Crippen LogP contribution in [0, 0.1) is 17.1 Å². The van der Waals surface area contributed by atoms with Crippen LogP contribution >= 0.6 is 0 Å². The molecule has 18 heavy (non-hydrogen) atoms. The summed E-state index contributed by atoms with van der Waals surface area (Å²) in [7, 11) is 0. The van der Waals surface area contributed by atoms with Gasteiger partial charge in [-0.15, -0.1) is 0 Å². The van der Waals surface area contributed by atoms with E-state index in [0.717, 1.165) is 0 Å². The van der Waals surface area contributed by atoms with E-state index in [1.54, 1.807) is 12.1 Å². The van der Waals surface area contributed by atoms with Crippen molar-refractivity contribution >= 4 is 0 Å². The first-order valence-electron chi connectivity index (χ1n) is 5.80. The minimum atomic E-state index is -0.384. The fraction of sp³-hybridized carbons (Fsp3) is 0.462. The van der Waals surface area contributed by atoms with Gasteiger partial charge in [0.05, 0.1) is 31.5 Å². The van der Waals surface area contributed by atoms with Crippen molar-refractivity contribution in [2.75, 3.05) is 26.4 Å². The van der Waals surface area contributed by atoms with Crippen LogP contribution in [0.3, 0.4) is 0 Å². The van der Waals surface area contributed by atoms with E-state index in [4.69, 9.17) is 15.1 Å². The van der Waals surface area contributed by atoms with Crippen LogP contribution in [0.4, 0.5) is 4.39 Å².